The number of ether oxygens (including phenoxy) is 1. The van der Waals surface area contributed by atoms with Gasteiger partial charge in [0.25, 0.3) is 0 Å². The van der Waals surface area contributed by atoms with Crippen LogP contribution in [0.1, 0.15) is 46.5 Å². The summed E-state index contributed by atoms with van der Waals surface area (Å²) in [5.41, 5.74) is 2.78. The minimum absolute atomic E-state index is 0.340. The molecule has 1 fully saturated rings. The minimum Gasteiger partial charge on any atom is -0.389 e. The third kappa shape index (κ3) is 7.31. The zero-order valence-electron chi connectivity index (χ0n) is 12.0. The molecule has 0 aromatic rings. The van der Waals surface area contributed by atoms with Crippen LogP contribution < -0.4 is 5.48 Å². The number of nitrogens with one attached hydrogen (secondary N) is 1. The van der Waals surface area contributed by atoms with E-state index in [9.17, 15) is 5.11 Å². The molecule has 1 atom stereocenters. The molecule has 0 spiro atoms. The molecule has 1 saturated carbocycles. The van der Waals surface area contributed by atoms with Crippen molar-refractivity contribution in [1.29, 1.82) is 0 Å². The lowest BCUT2D eigenvalue weighted by molar-refractivity contribution is -0.0505. The number of rotatable bonds is 8. The van der Waals surface area contributed by atoms with Crippen LogP contribution in [0.15, 0.2) is 0 Å². The monoisotopic (exact) mass is 259 g/mol. The molecule has 2 N–H and O–H groups in total. The first-order valence-corrected chi connectivity index (χ1v) is 7.22. The molecule has 0 heterocycles. The molecule has 0 radical (unpaired) electrons. The molecule has 4 nitrogen and oxygen atoms in total. The van der Waals surface area contributed by atoms with E-state index in [2.05, 4.69) is 26.3 Å². The van der Waals surface area contributed by atoms with Crippen LogP contribution in [0.4, 0.5) is 0 Å². The van der Waals surface area contributed by atoms with Gasteiger partial charge in [-0.1, -0.05) is 20.8 Å². The van der Waals surface area contributed by atoms with Crippen LogP contribution in [-0.2, 0) is 9.57 Å². The number of aliphatic hydroxyl groups is 1. The van der Waals surface area contributed by atoms with Gasteiger partial charge >= 0.3 is 0 Å². The van der Waals surface area contributed by atoms with Crippen LogP contribution >= 0.6 is 0 Å². The van der Waals surface area contributed by atoms with Gasteiger partial charge in [0.15, 0.2) is 0 Å². The van der Waals surface area contributed by atoms with Gasteiger partial charge in [-0.15, -0.1) is 0 Å². The molecule has 4 heteroatoms. The molecular formula is C14H29NO3. The average Bonchev–Trinajstić information content (AvgIpc) is 2.34. The first kappa shape index (κ1) is 15.9. The van der Waals surface area contributed by atoms with Gasteiger partial charge in [-0.2, -0.15) is 5.48 Å². The van der Waals surface area contributed by atoms with E-state index in [-0.39, 0.29) is 0 Å². The average molecular weight is 259 g/mol. The number of hydrogen-bond acceptors (Lipinski definition) is 4. The Labute approximate surface area is 111 Å². The van der Waals surface area contributed by atoms with Crippen LogP contribution in [0.3, 0.4) is 0 Å². The minimum atomic E-state index is -0.489. The van der Waals surface area contributed by atoms with Crippen molar-refractivity contribution in [2.75, 3.05) is 19.8 Å². The van der Waals surface area contributed by atoms with Gasteiger partial charge in [-0.05, 0) is 37.5 Å². The fraction of sp³-hybridized carbons (Fsp3) is 1.00. The van der Waals surface area contributed by atoms with Crippen molar-refractivity contribution in [3.8, 4) is 0 Å². The number of hydrogen-bond donors (Lipinski definition) is 2. The highest BCUT2D eigenvalue weighted by atomic mass is 16.6. The summed E-state index contributed by atoms with van der Waals surface area (Å²) in [6, 6.07) is 0. The number of hydroxylamine groups is 1. The molecular weight excluding hydrogens is 230 g/mol. The van der Waals surface area contributed by atoms with Crippen molar-refractivity contribution >= 4 is 0 Å². The quantitative estimate of drug-likeness (QED) is 0.518. The predicted molar refractivity (Wildman–Crippen MR) is 72.2 cm³/mol. The van der Waals surface area contributed by atoms with E-state index in [1.165, 1.54) is 12.8 Å². The van der Waals surface area contributed by atoms with Gasteiger partial charge in [-0.3, -0.25) is 0 Å². The van der Waals surface area contributed by atoms with Crippen molar-refractivity contribution < 1.29 is 14.7 Å². The van der Waals surface area contributed by atoms with Crippen LogP contribution in [0.2, 0.25) is 0 Å². The Kier molecular flexibility index (Phi) is 7.82. The first-order valence-electron chi connectivity index (χ1n) is 7.22. The van der Waals surface area contributed by atoms with Crippen molar-refractivity contribution in [2.24, 2.45) is 11.8 Å². The fourth-order valence-corrected chi connectivity index (χ4v) is 2.08. The molecule has 1 rings (SSSR count). The van der Waals surface area contributed by atoms with Gasteiger partial charge < -0.3 is 14.7 Å². The molecule has 1 unspecified atom stereocenters. The van der Waals surface area contributed by atoms with E-state index in [4.69, 9.17) is 9.57 Å². The topological polar surface area (TPSA) is 50.7 Å². The zero-order chi connectivity index (χ0) is 13.4. The lowest BCUT2D eigenvalue weighted by Gasteiger charge is -2.27. The Morgan fingerprint density at radius 2 is 1.83 bits per heavy atom. The molecule has 1 aliphatic rings. The molecule has 0 aromatic heterocycles. The van der Waals surface area contributed by atoms with Crippen LogP contribution in [0.5, 0.6) is 0 Å². The summed E-state index contributed by atoms with van der Waals surface area (Å²) in [7, 11) is 0. The molecule has 108 valence electrons. The van der Waals surface area contributed by atoms with Gasteiger partial charge in [0.2, 0.25) is 0 Å². The molecule has 1 aliphatic carbocycles. The Balaban J connectivity index is 1.97. The summed E-state index contributed by atoms with van der Waals surface area (Å²) in [4.78, 5) is 5.21. The van der Waals surface area contributed by atoms with Crippen LogP contribution in [0, 0.1) is 11.8 Å². The van der Waals surface area contributed by atoms with Gasteiger partial charge in [-0.25, -0.2) is 0 Å². The number of aliphatic hydroxyl groups excluding tert-OH is 1. The SMILES string of the molecule is CC(C)CONCC(O)COC1CCC(C)CC1. The normalized spacial score (nSPS) is 26.5. The zero-order valence-corrected chi connectivity index (χ0v) is 12.0. The third-order valence-electron chi connectivity index (χ3n) is 3.32. The third-order valence-corrected chi connectivity index (χ3v) is 3.32. The highest BCUT2D eigenvalue weighted by molar-refractivity contribution is 4.70. The van der Waals surface area contributed by atoms with Gasteiger partial charge in [0.05, 0.1) is 25.4 Å². The Morgan fingerprint density at radius 3 is 2.44 bits per heavy atom. The Hall–Kier alpha value is -0.160. The van der Waals surface area contributed by atoms with E-state index in [1.807, 2.05) is 0 Å². The van der Waals surface area contributed by atoms with E-state index in [0.29, 0.717) is 31.8 Å². The fourth-order valence-electron chi connectivity index (χ4n) is 2.08. The van der Waals surface area contributed by atoms with E-state index >= 15 is 0 Å². The molecule has 0 saturated heterocycles. The maximum absolute atomic E-state index is 9.73. The Morgan fingerprint density at radius 1 is 1.17 bits per heavy atom. The Bertz CT molecular complexity index is 203. The van der Waals surface area contributed by atoms with E-state index < -0.39 is 6.10 Å². The van der Waals surface area contributed by atoms with Gasteiger partial charge in [0.1, 0.15) is 0 Å². The summed E-state index contributed by atoms with van der Waals surface area (Å²) >= 11 is 0. The van der Waals surface area contributed by atoms with E-state index in [0.717, 1.165) is 18.8 Å². The second-order valence-corrected chi connectivity index (χ2v) is 5.92. The van der Waals surface area contributed by atoms with Crippen LogP contribution in [-0.4, -0.2) is 37.1 Å². The lowest BCUT2D eigenvalue weighted by atomic mass is 9.89. The van der Waals surface area contributed by atoms with Crippen molar-refractivity contribution in [3.63, 3.8) is 0 Å². The molecule has 0 bridgehead atoms. The standard InChI is InChI=1S/C14H29NO3/c1-11(2)9-18-15-8-13(16)10-17-14-6-4-12(3)5-7-14/h11-16H,4-10H2,1-3H3. The van der Waals surface area contributed by atoms with Crippen molar-refractivity contribution in [3.05, 3.63) is 0 Å². The maximum Gasteiger partial charge on any atom is 0.0921 e. The first-order chi connectivity index (χ1) is 8.58. The summed E-state index contributed by atoms with van der Waals surface area (Å²) in [5.74, 6) is 1.33. The second-order valence-electron chi connectivity index (χ2n) is 5.92. The summed E-state index contributed by atoms with van der Waals surface area (Å²) in [6.07, 6.45) is 4.60. The highest BCUT2D eigenvalue weighted by Crippen LogP contribution is 2.25. The van der Waals surface area contributed by atoms with E-state index in [1.54, 1.807) is 0 Å². The molecule has 0 aliphatic heterocycles. The summed E-state index contributed by atoms with van der Waals surface area (Å²) < 4.78 is 5.73. The largest absolute Gasteiger partial charge is 0.389 e. The lowest BCUT2D eigenvalue weighted by Crippen LogP contribution is -2.33. The van der Waals surface area contributed by atoms with Crippen LogP contribution in [0.25, 0.3) is 0 Å². The van der Waals surface area contributed by atoms with Gasteiger partial charge in [0, 0.05) is 6.54 Å². The summed E-state index contributed by atoms with van der Waals surface area (Å²) in [6.45, 7) is 7.96. The molecule has 0 aromatic carbocycles. The second kappa shape index (κ2) is 8.86. The molecule has 18 heavy (non-hydrogen) atoms. The smallest absolute Gasteiger partial charge is 0.0921 e. The molecule has 0 amide bonds. The highest BCUT2D eigenvalue weighted by Gasteiger charge is 2.19. The predicted octanol–water partition coefficient (Wildman–Crippen LogP) is 2.12. The van der Waals surface area contributed by atoms with Crippen molar-refractivity contribution in [1.82, 2.24) is 5.48 Å². The maximum atomic E-state index is 9.73. The summed E-state index contributed by atoms with van der Waals surface area (Å²) in [5, 5.41) is 9.73. The van der Waals surface area contributed by atoms with Crippen molar-refractivity contribution in [2.45, 2.75) is 58.7 Å².